The van der Waals surface area contributed by atoms with Gasteiger partial charge < -0.3 is 34.3 Å². The molecule has 0 radical (unpaired) electrons. The second-order valence-corrected chi connectivity index (χ2v) is 12.4. The van der Waals surface area contributed by atoms with Crippen LogP contribution in [0, 0.1) is 0 Å². The zero-order valence-corrected chi connectivity index (χ0v) is 29.1. The normalized spacial score (nSPS) is 13.5. The number of aryl methyl sites for hydroxylation is 1. The van der Waals surface area contributed by atoms with Crippen molar-refractivity contribution in [2.75, 3.05) is 71.8 Å². The first-order chi connectivity index (χ1) is 23.1. The van der Waals surface area contributed by atoms with Gasteiger partial charge in [-0.05, 0) is 56.9 Å². The van der Waals surface area contributed by atoms with Gasteiger partial charge in [0.15, 0.2) is 0 Å². The molecule has 3 heterocycles. The van der Waals surface area contributed by atoms with E-state index >= 15 is 0 Å². The number of benzene rings is 2. The highest BCUT2D eigenvalue weighted by atomic mass is 35.5. The fraction of sp³-hybridized carbons (Fsp3) is 0.343. The van der Waals surface area contributed by atoms with Crippen LogP contribution in [0.1, 0.15) is 12.0 Å². The molecule has 1 saturated heterocycles. The average Bonchev–Trinajstić information content (AvgIpc) is 3.08. The number of rotatable bonds is 13. The van der Waals surface area contributed by atoms with Gasteiger partial charge in [-0.2, -0.15) is 0 Å². The number of aromatic nitrogens is 2. The van der Waals surface area contributed by atoms with Crippen molar-refractivity contribution in [3.8, 4) is 22.6 Å². The van der Waals surface area contributed by atoms with Crippen LogP contribution in [0.4, 0.5) is 17.2 Å². The number of ether oxygens (including phenoxy) is 3. The number of halogens is 2. The minimum Gasteiger partial charge on any atom is -0.495 e. The predicted molar refractivity (Wildman–Crippen MR) is 192 cm³/mol. The number of hydrogen-bond acceptors (Lipinski definition) is 9. The van der Waals surface area contributed by atoms with E-state index in [1.54, 1.807) is 22.9 Å². The number of fused-ring (bicyclic) bond motifs is 1. The lowest BCUT2D eigenvalue weighted by atomic mass is 10.0. The highest BCUT2D eigenvalue weighted by molar-refractivity contribution is 6.41. The maximum atomic E-state index is 14.3. The molecule has 1 aliphatic rings. The summed E-state index contributed by atoms with van der Waals surface area (Å²) in [5, 5.41) is 7.38. The highest BCUT2D eigenvalue weighted by Gasteiger charge is 2.23. The maximum Gasteiger partial charge on any atom is 0.259 e. The number of carbonyl (C=O) groups is 1. The van der Waals surface area contributed by atoms with Crippen LogP contribution >= 0.6 is 23.2 Å². The SMILES string of the molecule is C=CC(=O)Nc1cc(CN2CCOCC2)ccc1Nc1cc2c(cn1)cc(-c1c(Cl)c(OC)cc(OC)c1Cl)c(=O)n2CCCN(C)C. The molecule has 0 spiro atoms. The Labute approximate surface area is 290 Å². The molecule has 2 aromatic heterocycles. The van der Waals surface area contributed by atoms with Gasteiger partial charge in [0.1, 0.15) is 17.3 Å². The van der Waals surface area contributed by atoms with Crippen LogP contribution in [-0.2, 0) is 22.6 Å². The molecule has 0 aliphatic carbocycles. The van der Waals surface area contributed by atoms with Crippen molar-refractivity contribution in [2.45, 2.75) is 19.5 Å². The summed E-state index contributed by atoms with van der Waals surface area (Å²) in [7, 11) is 6.95. The summed E-state index contributed by atoms with van der Waals surface area (Å²) >= 11 is 13.5. The molecule has 0 saturated carbocycles. The van der Waals surface area contributed by atoms with Crippen molar-refractivity contribution in [3.05, 3.63) is 81.2 Å². The van der Waals surface area contributed by atoms with E-state index in [-0.39, 0.29) is 21.5 Å². The Kier molecular flexibility index (Phi) is 11.6. The summed E-state index contributed by atoms with van der Waals surface area (Å²) in [5.41, 5.74) is 3.29. The number of amides is 1. The van der Waals surface area contributed by atoms with Crippen LogP contribution in [-0.4, -0.2) is 86.4 Å². The molecule has 254 valence electrons. The van der Waals surface area contributed by atoms with Crippen LogP contribution in [0.3, 0.4) is 0 Å². The molecule has 2 N–H and O–H groups in total. The predicted octanol–water partition coefficient (Wildman–Crippen LogP) is 6.04. The fourth-order valence-corrected chi connectivity index (χ4v) is 6.35. The molecule has 4 aromatic rings. The van der Waals surface area contributed by atoms with E-state index in [0.717, 1.165) is 31.7 Å². The van der Waals surface area contributed by atoms with E-state index in [1.165, 1.54) is 20.3 Å². The monoisotopic (exact) mass is 694 g/mol. The molecule has 1 amide bonds. The lowest BCUT2D eigenvalue weighted by molar-refractivity contribution is -0.111. The molecule has 1 fully saturated rings. The molecule has 5 rings (SSSR count). The molecular weight excluding hydrogens is 655 g/mol. The van der Waals surface area contributed by atoms with E-state index in [2.05, 4.69) is 32.0 Å². The zero-order valence-electron chi connectivity index (χ0n) is 27.6. The Bertz CT molecular complexity index is 1850. The van der Waals surface area contributed by atoms with Gasteiger partial charge in [0.25, 0.3) is 5.56 Å². The molecule has 0 atom stereocenters. The van der Waals surface area contributed by atoms with Gasteiger partial charge in [0, 0.05) is 55.5 Å². The summed E-state index contributed by atoms with van der Waals surface area (Å²) < 4.78 is 18.1. The number of methoxy groups -OCH3 is 2. The van der Waals surface area contributed by atoms with Crippen LogP contribution in [0.25, 0.3) is 22.0 Å². The third kappa shape index (κ3) is 7.94. The van der Waals surface area contributed by atoms with Gasteiger partial charge in [0.05, 0.1) is 59.9 Å². The van der Waals surface area contributed by atoms with Crippen molar-refractivity contribution in [2.24, 2.45) is 0 Å². The number of hydrogen-bond donors (Lipinski definition) is 2. The van der Waals surface area contributed by atoms with E-state index in [1.807, 2.05) is 38.4 Å². The number of anilines is 3. The third-order valence-electron chi connectivity index (χ3n) is 8.11. The van der Waals surface area contributed by atoms with E-state index in [9.17, 15) is 9.59 Å². The number of pyridine rings is 2. The standard InChI is InChI=1S/C35H40Cl2N6O5/c1-6-31(44)40-26-16-22(21-42-12-14-48-15-13-42)8-9-25(26)39-30-18-27-23(20-38-30)17-24(35(45)43(27)11-7-10-41(2)3)32-33(36)28(46-4)19-29(47-5)34(32)37/h6,8-9,16-20H,1,7,10-15,21H2,2-5H3,(H,38,39)(H,40,44). The third-order valence-corrected chi connectivity index (χ3v) is 8.86. The lowest BCUT2D eigenvalue weighted by Crippen LogP contribution is -2.35. The first-order valence-electron chi connectivity index (χ1n) is 15.6. The van der Waals surface area contributed by atoms with Crippen LogP contribution in [0.2, 0.25) is 10.0 Å². The number of nitrogens with one attached hydrogen (secondary N) is 2. The molecule has 11 nitrogen and oxygen atoms in total. The summed E-state index contributed by atoms with van der Waals surface area (Å²) in [6.45, 7) is 8.61. The van der Waals surface area contributed by atoms with Gasteiger partial charge in [-0.3, -0.25) is 14.5 Å². The quantitative estimate of drug-likeness (QED) is 0.162. The van der Waals surface area contributed by atoms with Crippen molar-refractivity contribution in [1.82, 2.24) is 19.4 Å². The zero-order chi connectivity index (χ0) is 34.4. The van der Waals surface area contributed by atoms with Gasteiger partial charge in [-0.15, -0.1) is 0 Å². The Balaban J connectivity index is 1.58. The van der Waals surface area contributed by atoms with Crippen LogP contribution < -0.4 is 25.7 Å². The van der Waals surface area contributed by atoms with Crippen molar-refractivity contribution in [1.29, 1.82) is 0 Å². The summed E-state index contributed by atoms with van der Waals surface area (Å²) in [5.74, 6) is 0.825. The number of morpholine rings is 1. The highest BCUT2D eigenvalue weighted by Crippen LogP contribution is 2.45. The fourth-order valence-electron chi connectivity index (χ4n) is 5.65. The van der Waals surface area contributed by atoms with E-state index < -0.39 is 0 Å². The van der Waals surface area contributed by atoms with Gasteiger partial charge in [0.2, 0.25) is 5.91 Å². The molecule has 48 heavy (non-hydrogen) atoms. The second kappa shape index (κ2) is 15.8. The van der Waals surface area contributed by atoms with Gasteiger partial charge in [-0.1, -0.05) is 35.8 Å². The van der Waals surface area contributed by atoms with E-state index in [4.69, 9.17) is 37.4 Å². The summed E-state index contributed by atoms with van der Waals surface area (Å²) in [6, 6.07) is 11.0. The summed E-state index contributed by atoms with van der Waals surface area (Å²) in [6.07, 6.45) is 3.63. The smallest absolute Gasteiger partial charge is 0.259 e. The van der Waals surface area contributed by atoms with Crippen molar-refractivity contribution >= 4 is 57.2 Å². The van der Waals surface area contributed by atoms with E-state index in [0.29, 0.717) is 76.9 Å². The molecule has 0 unspecified atom stereocenters. The van der Waals surface area contributed by atoms with Gasteiger partial charge in [-0.25, -0.2) is 4.98 Å². The van der Waals surface area contributed by atoms with Crippen LogP contribution in [0.15, 0.2) is 60.0 Å². The molecule has 1 aliphatic heterocycles. The second-order valence-electron chi connectivity index (χ2n) is 11.7. The topological polar surface area (TPSA) is 110 Å². The molecule has 2 aromatic carbocycles. The maximum absolute atomic E-state index is 14.3. The molecule has 0 bridgehead atoms. The average molecular weight is 696 g/mol. The Morgan fingerprint density at radius 1 is 1.06 bits per heavy atom. The lowest BCUT2D eigenvalue weighted by Gasteiger charge is -2.27. The Morgan fingerprint density at radius 2 is 1.77 bits per heavy atom. The van der Waals surface area contributed by atoms with Crippen molar-refractivity contribution < 1.29 is 19.0 Å². The minimum absolute atomic E-state index is 0.206. The largest absolute Gasteiger partial charge is 0.495 e. The molecular formula is C35H40Cl2N6O5. The Hall–Kier alpha value is -4.13. The summed E-state index contributed by atoms with van der Waals surface area (Å²) in [4.78, 5) is 35.7. The number of nitrogens with zero attached hydrogens (tertiary/aromatic N) is 4. The molecule has 13 heteroatoms. The first kappa shape index (κ1) is 35.2. The Morgan fingerprint density at radius 3 is 2.42 bits per heavy atom. The minimum atomic E-state index is -0.332. The first-order valence-corrected chi connectivity index (χ1v) is 16.3. The van der Waals surface area contributed by atoms with Crippen LogP contribution in [0.5, 0.6) is 11.5 Å². The van der Waals surface area contributed by atoms with Crippen molar-refractivity contribution in [3.63, 3.8) is 0 Å². The number of carbonyl (C=O) groups excluding carboxylic acids is 1. The van der Waals surface area contributed by atoms with Gasteiger partial charge >= 0.3 is 0 Å².